The van der Waals surface area contributed by atoms with E-state index in [4.69, 9.17) is 0 Å². The zero-order valence-corrected chi connectivity index (χ0v) is 11.4. The minimum absolute atomic E-state index is 0.102. The standard InChI is InChI=1S/C13H26N2O/c1-12(2,3)14-8-6-11(16)15-9-7-13(4,5)10-15/h14H,6-10H2,1-5H3. The Morgan fingerprint density at radius 3 is 2.44 bits per heavy atom. The van der Waals surface area contributed by atoms with Crippen LogP contribution in [0.15, 0.2) is 0 Å². The van der Waals surface area contributed by atoms with Crippen molar-refractivity contribution < 1.29 is 4.79 Å². The first-order chi connectivity index (χ1) is 7.20. The van der Waals surface area contributed by atoms with Gasteiger partial charge in [0.15, 0.2) is 0 Å². The molecule has 0 unspecified atom stereocenters. The van der Waals surface area contributed by atoms with Crippen LogP contribution in [0.4, 0.5) is 0 Å². The monoisotopic (exact) mass is 226 g/mol. The lowest BCUT2D eigenvalue weighted by molar-refractivity contribution is -0.130. The van der Waals surface area contributed by atoms with Crippen molar-refractivity contribution in [2.24, 2.45) is 5.41 Å². The summed E-state index contributed by atoms with van der Waals surface area (Å²) in [4.78, 5) is 13.9. The van der Waals surface area contributed by atoms with Crippen molar-refractivity contribution >= 4 is 5.91 Å². The summed E-state index contributed by atoms with van der Waals surface area (Å²) in [6.07, 6.45) is 1.75. The Bertz CT molecular complexity index is 253. The van der Waals surface area contributed by atoms with E-state index >= 15 is 0 Å². The second-order valence-corrected chi connectivity index (χ2v) is 6.66. The van der Waals surface area contributed by atoms with Crippen LogP contribution in [0.25, 0.3) is 0 Å². The Morgan fingerprint density at radius 1 is 1.38 bits per heavy atom. The van der Waals surface area contributed by atoms with E-state index in [1.165, 1.54) is 0 Å². The average molecular weight is 226 g/mol. The summed E-state index contributed by atoms with van der Waals surface area (Å²) in [7, 11) is 0. The molecule has 1 fully saturated rings. The second kappa shape index (κ2) is 4.74. The third kappa shape index (κ3) is 4.52. The van der Waals surface area contributed by atoms with Crippen molar-refractivity contribution in [2.75, 3.05) is 19.6 Å². The molecule has 1 N–H and O–H groups in total. The summed E-state index contributed by atoms with van der Waals surface area (Å²) in [5, 5.41) is 3.35. The van der Waals surface area contributed by atoms with Gasteiger partial charge in [-0.15, -0.1) is 0 Å². The zero-order chi connectivity index (χ0) is 12.4. The lowest BCUT2D eigenvalue weighted by atomic mass is 9.93. The van der Waals surface area contributed by atoms with Crippen molar-refractivity contribution in [1.29, 1.82) is 0 Å². The van der Waals surface area contributed by atoms with Gasteiger partial charge in [0.25, 0.3) is 0 Å². The highest BCUT2D eigenvalue weighted by atomic mass is 16.2. The highest BCUT2D eigenvalue weighted by Crippen LogP contribution is 2.28. The lowest BCUT2D eigenvalue weighted by Crippen LogP contribution is -2.39. The van der Waals surface area contributed by atoms with Crippen molar-refractivity contribution in [3.05, 3.63) is 0 Å². The molecule has 1 aliphatic rings. The molecular weight excluding hydrogens is 200 g/mol. The third-order valence-corrected chi connectivity index (χ3v) is 3.02. The van der Waals surface area contributed by atoms with Crippen LogP contribution in [0.1, 0.15) is 47.5 Å². The summed E-state index contributed by atoms with van der Waals surface area (Å²) in [6, 6.07) is 0. The van der Waals surface area contributed by atoms with Crippen LogP contribution < -0.4 is 5.32 Å². The van der Waals surface area contributed by atoms with Gasteiger partial charge in [0, 0.05) is 31.6 Å². The molecule has 1 saturated heterocycles. The first-order valence-electron chi connectivity index (χ1n) is 6.22. The smallest absolute Gasteiger partial charge is 0.223 e. The molecule has 0 aromatic heterocycles. The first kappa shape index (κ1) is 13.5. The molecule has 0 atom stereocenters. The van der Waals surface area contributed by atoms with Crippen LogP contribution in [0.3, 0.4) is 0 Å². The molecule has 3 heteroatoms. The fourth-order valence-electron chi connectivity index (χ4n) is 2.03. The van der Waals surface area contributed by atoms with Crippen molar-refractivity contribution in [3.63, 3.8) is 0 Å². The van der Waals surface area contributed by atoms with E-state index < -0.39 is 0 Å². The van der Waals surface area contributed by atoms with Crippen LogP contribution in [0, 0.1) is 5.41 Å². The van der Waals surface area contributed by atoms with Gasteiger partial charge < -0.3 is 10.2 Å². The predicted octanol–water partition coefficient (Wildman–Crippen LogP) is 2.02. The molecule has 0 aromatic rings. The number of hydrogen-bond donors (Lipinski definition) is 1. The van der Waals surface area contributed by atoms with Gasteiger partial charge in [-0.1, -0.05) is 13.8 Å². The van der Waals surface area contributed by atoms with Gasteiger partial charge in [0.2, 0.25) is 5.91 Å². The van der Waals surface area contributed by atoms with E-state index in [1.54, 1.807) is 0 Å². The van der Waals surface area contributed by atoms with Crippen LogP contribution in [0.2, 0.25) is 0 Å². The lowest BCUT2D eigenvalue weighted by Gasteiger charge is -2.23. The molecular formula is C13H26N2O. The second-order valence-electron chi connectivity index (χ2n) is 6.66. The molecule has 0 bridgehead atoms. The molecule has 1 rings (SSSR count). The summed E-state index contributed by atoms with van der Waals surface area (Å²) in [6.45, 7) is 13.5. The Labute approximate surface area is 99.6 Å². The SMILES string of the molecule is CC1(C)CCN(C(=O)CCNC(C)(C)C)C1. The highest BCUT2D eigenvalue weighted by Gasteiger charge is 2.31. The van der Waals surface area contributed by atoms with Gasteiger partial charge in [-0.2, -0.15) is 0 Å². The Balaban J connectivity index is 2.27. The summed E-state index contributed by atoms with van der Waals surface area (Å²) in [5.41, 5.74) is 0.414. The number of carbonyl (C=O) groups excluding carboxylic acids is 1. The highest BCUT2D eigenvalue weighted by molar-refractivity contribution is 5.76. The van der Waals surface area contributed by atoms with Gasteiger partial charge in [-0.25, -0.2) is 0 Å². The van der Waals surface area contributed by atoms with E-state index in [-0.39, 0.29) is 5.54 Å². The van der Waals surface area contributed by atoms with Crippen molar-refractivity contribution in [3.8, 4) is 0 Å². The van der Waals surface area contributed by atoms with Gasteiger partial charge in [-0.05, 0) is 32.6 Å². The number of nitrogens with zero attached hydrogens (tertiary/aromatic N) is 1. The van der Waals surface area contributed by atoms with Gasteiger partial charge in [-0.3, -0.25) is 4.79 Å². The number of nitrogens with one attached hydrogen (secondary N) is 1. The number of carbonyl (C=O) groups is 1. The van der Waals surface area contributed by atoms with Crippen LogP contribution in [0.5, 0.6) is 0 Å². The van der Waals surface area contributed by atoms with Crippen molar-refractivity contribution in [1.82, 2.24) is 10.2 Å². The van der Waals surface area contributed by atoms with Crippen LogP contribution in [-0.2, 0) is 4.79 Å². The molecule has 0 radical (unpaired) electrons. The van der Waals surface area contributed by atoms with Crippen molar-refractivity contribution in [2.45, 2.75) is 53.0 Å². The largest absolute Gasteiger partial charge is 0.342 e. The van der Waals surface area contributed by atoms with E-state index in [9.17, 15) is 4.79 Å². The first-order valence-corrected chi connectivity index (χ1v) is 6.22. The Hall–Kier alpha value is -0.570. The summed E-state index contributed by atoms with van der Waals surface area (Å²) in [5.74, 6) is 0.294. The normalized spacial score (nSPS) is 20.2. The number of likely N-dealkylation sites (tertiary alicyclic amines) is 1. The maximum atomic E-state index is 11.9. The third-order valence-electron chi connectivity index (χ3n) is 3.02. The minimum atomic E-state index is 0.102. The predicted molar refractivity (Wildman–Crippen MR) is 67.4 cm³/mol. The van der Waals surface area contributed by atoms with E-state index in [0.717, 1.165) is 26.1 Å². The average Bonchev–Trinajstić information content (AvgIpc) is 2.43. The quantitative estimate of drug-likeness (QED) is 0.798. The fraction of sp³-hybridized carbons (Fsp3) is 0.923. The Kier molecular flexibility index (Phi) is 4.00. The molecule has 0 aliphatic carbocycles. The number of amides is 1. The van der Waals surface area contributed by atoms with E-state index in [1.807, 2.05) is 4.90 Å². The topological polar surface area (TPSA) is 32.3 Å². The number of hydrogen-bond acceptors (Lipinski definition) is 2. The molecule has 94 valence electrons. The fourth-order valence-corrected chi connectivity index (χ4v) is 2.03. The molecule has 3 nitrogen and oxygen atoms in total. The Morgan fingerprint density at radius 2 is 2.00 bits per heavy atom. The molecule has 0 saturated carbocycles. The van der Waals surface area contributed by atoms with Gasteiger partial charge in [0.1, 0.15) is 0 Å². The van der Waals surface area contributed by atoms with Crippen LogP contribution in [-0.4, -0.2) is 36.0 Å². The molecule has 1 aliphatic heterocycles. The maximum Gasteiger partial charge on any atom is 0.223 e. The summed E-state index contributed by atoms with van der Waals surface area (Å²) < 4.78 is 0. The molecule has 0 aromatic carbocycles. The van der Waals surface area contributed by atoms with E-state index in [0.29, 0.717) is 17.7 Å². The minimum Gasteiger partial charge on any atom is -0.342 e. The van der Waals surface area contributed by atoms with Crippen LogP contribution >= 0.6 is 0 Å². The molecule has 0 spiro atoms. The van der Waals surface area contributed by atoms with Gasteiger partial charge >= 0.3 is 0 Å². The zero-order valence-electron chi connectivity index (χ0n) is 11.4. The maximum absolute atomic E-state index is 11.9. The number of rotatable bonds is 3. The summed E-state index contributed by atoms with van der Waals surface area (Å²) >= 11 is 0. The van der Waals surface area contributed by atoms with E-state index in [2.05, 4.69) is 39.9 Å². The van der Waals surface area contributed by atoms with Gasteiger partial charge in [0.05, 0.1) is 0 Å². The molecule has 1 amide bonds. The molecule has 16 heavy (non-hydrogen) atoms. The molecule has 1 heterocycles.